The minimum Gasteiger partial charge on any atom is -0.481 e. The van der Waals surface area contributed by atoms with Crippen molar-refractivity contribution in [2.45, 2.75) is 40.5 Å². The van der Waals surface area contributed by atoms with Gasteiger partial charge < -0.3 is 10.0 Å². The lowest BCUT2D eigenvalue weighted by molar-refractivity contribution is -0.150. The van der Waals surface area contributed by atoms with Crippen molar-refractivity contribution in [1.29, 1.82) is 0 Å². The number of aliphatic carboxylic acids is 1. The fraction of sp³-hybridized carbons (Fsp3) is 0.667. The van der Waals surface area contributed by atoms with Crippen LogP contribution >= 0.6 is 0 Å². The van der Waals surface area contributed by atoms with Gasteiger partial charge in [-0.2, -0.15) is 0 Å². The Kier molecular flexibility index (Phi) is 3.97. The second-order valence-electron chi connectivity index (χ2n) is 6.26. The van der Waals surface area contributed by atoms with Crippen LogP contribution in [0.4, 0.5) is 5.95 Å². The minimum absolute atomic E-state index is 0.123. The van der Waals surface area contributed by atoms with E-state index in [1.807, 2.05) is 33.8 Å². The molecule has 0 aliphatic carbocycles. The molecular formula is C15H23N3O2. The zero-order chi connectivity index (χ0) is 14.9. The van der Waals surface area contributed by atoms with Gasteiger partial charge in [0.25, 0.3) is 0 Å². The summed E-state index contributed by atoms with van der Waals surface area (Å²) in [6, 6.07) is 1.95. The topological polar surface area (TPSA) is 66.3 Å². The van der Waals surface area contributed by atoms with E-state index in [9.17, 15) is 9.90 Å². The second kappa shape index (κ2) is 5.38. The molecule has 0 saturated carbocycles. The minimum atomic E-state index is -0.731. The predicted molar refractivity (Wildman–Crippen MR) is 77.9 cm³/mol. The Balaban J connectivity index is 2.20. The number of aryl methyl sites for hydroxylation is 2. The lowest BCUT2D eigenvalue weighted by Gasteiger charge is -2.39. The number of carboxylic acid groups (broad SMARTS) is 1. The molecular weight excluding hydrogens is 254 g/mol. The van der Waals surface area contributed by atoms with Gasteiger partial charge in [0, 0.05) is 24.5 Å². The Labute approximate surface area is 120 Å². The van der Waals surface area contributed by atoms with Crippen molar-refractivity contribution in [2.75, 3.05) is 18.0 Å². The van der Waals surface area contributed by atoms with Gasteiger partial charge in [-0.1, -0.05) is 0 Å². The lowest BCUT2D eigenvalue weighted by atomic mass is 9.74. The molecule has 20 heavy (non-hydrogen) atoms. The molecule has 1 atom stereocenters. The number of anilines is 1. The van der Waals surface area contributed by atoms with Crippen LogP contribution in [-0.2, 0) is 4.79 Å². The third-order valence-electron chi connectivity index (χ3n) is 4.25. The molecule has 1 unspecified atom stereocenters. The zero-order valence-electron chi connectivity index (χ0n) is 12.7. The molecule has 2 rings (SSSR count). The average molecular weight is 277 g/mol. The predicted octanol–water partition coefficient (Wildman–Crippen LogP) is 2.42. The van der Waals surface area contributed by atoms with Crippen LogP contribution in [0.3, 0.4) is 0 Å². The molecule has 1 aliphatic rings. The highest BCUT2D eigenvalue weighted by atomic mass is 16.4. The Hall–Kier alpha value is -1.65. The molecule has 1 fully saturated rings. The van der Waals surface area contributed by atoms with Gasteiger partial charge in [-0.3, -0.25) is 4.79 Å². The Morgan fingerprint density at radius 1 is 1.35 bits per heavy atom. The van der Waals surface area contributed by atoms with Crippen molar-refractivity contribution in [3.63, 3.8) is 0 Å². The highest BCUT2D eigenvalue weighted by Gasteiger charge is 2.39. The fourth-order valence-corrected chi connectivity index (χ4v) is 2.77. The Bertz CT molecular complexity index is 494. The van der Waals surface area contributed by atoms with Gasteiger partial charge in [-0.25, -0.2) is 9.97 Å². The number of carboxylic acids is 1. The number of carbonyl (C=O) groups is 1. The first-order chi connectivity index (χ1) is 9.30. The smallest absolute Gasteiger partial charge is 0.309 e. The van der Waals surface area contributed by atoms with Gasteiger partial charge in [0.15, 0.2) is 0 Å². The largest absolute Gasteiger partial charge is 0.481 e. The second-order valence-corrected chi connectivity index (χ2v) is 6.26. The molecule has 1 aliphatic heterocycles. The third-order valence-corrected chi connectivity index (χ3v) is 4.25. The summed E-state index contributed by atoms with van der Waals surface area (Å²) in [6.07, 6.45) is 1.93. The summed E-state index contributed by atoms with van der Waals surface area (Å²) in [6.45, 7) is 9.15. The maximum Gasteiger partial charge on any atom is 0.309 e. The van der Waals surface area contributed by atoms with Crippen molar-refractivity contribution in [3.05, 3.63) is 17.5 Å². The van der Waals surface area contributed by atoms with E-state index >= 15 is 0 Å². The normalized spacial score (nSPS) is 20.0. The molecule has 0 aromatic carbocycles. The fourth-order valence-electron chi connectivity index (χ4n) is 2.77. The van der Waals surface area contributed by atoms with Crippen LogP contribution in [0.2, 0.25) is 0 Å². The highest BCUT2D eigenvalue weighted by molar-refractivity contribution is 5.74. The zero-order valence-corrected chi connectivity index (χ0v) is 12.7. The summed E-state index contributed by atoms with van der Waals surface area (Å²) < 4.78 is 0. The number of hydrogen-bond acceptors (Lipinski definition) is 4. The van der Waals surface area contributed by atoms with E-state index in [1.54, 1.807) is 0 Å². The standard InChI is InChI=1S/C15H23N3O2/c1-10-8-11(2)17-14(16-10)18-7-5-6-12(9-18)15(3,4)13(19)20/h8,12H,5-7,9H2,1-4H3,(H,19,20). The van der Waals surface area contributed by atoms with Crippen LogP contribution in [0.1, 0.15) is 38.1 Å². The monoisotopic (exact) mass is 277 g/mol. The molecule has 0 amide bonds. The van der Waals surface area contributed by atoms with Gasteiger partial charge >= 0.3 is 5.97 Å². The number of nitrogens with zero attached hydrogens (tertiary/aromatic N) is 3. The number of piperidine rings is 1. The molecule has 110 valence electrons. The first kappa shape index (κ1) is 14.8. The van der Waals surface area contributed by atoms with Crippen LogP contribution in [0.15, 0.2) is 6.07 Å². The van der Waals surface area contributed by atoms with Crippen LogP contribution < -0.4 is 4.90 Å². The maximum absolute atomic E-state index is 11.4. The molecule has 0 radical (unpaired) electrons. The van der Waals surface area contributed by atoms with Crippen molar-refractivity contribution in [2.24, 2.45) is 11.3 Å². The van der Waals surface area contributed by atoms with E-state index in [4.69, 9.17) is 0 Å². The van der Waals surface area contributed by atoms with Crippen molar-refractivity contribution in [1.82, 2.24) is 9.97 Å². The summed E-state index contributed by atoms with van der Waals surface area (Å²) in [5, 5.41) is 9.39. The molecule has 0 bridgehead atoms. The SMILES string of the molecule is Cc1cc(C)nc(N2CCCC(C(C)(C)C(=O)O)C2)n1. The van der Waals surface area contributed by atoms with Crippen LogP contribution in [0.25, 0.3) is 0 Å². The van der Waals surface area contributed by atoms with E-state index in [1.165, 1.54) is 0 Å². The summed E-state index contributed by atoms with van der Waals surface area (Å²) in [5.74, 6) is 0.122. The summed E-state index contributed by atoms with van der Waals surface area (Å²) in [5.41, 5.74) is 1.19. The van der Waals surface area contributed by atoms with Gasteiger partial charge in [-0.05, 0) is 52.5 Å². The third kappa shape index (κ3) is 2.92. The number of hydrogen-bond donors (Lipinski definition) is 1. The van der Waals surface area contributed by atoms with Crippen LogP contribution in [0.5, 0.6) is 0 Å². The maximum atomic E-state index is 11.4. The summed E-state index contributed by atoms with van der Waals surface area (Å²) >= 11 is 0. The number of aromatic nitrogens is 2. The molecule has 2 heterocycles. The van der Waals surface area contributed by atoms with Crippen molar-refractivity contribution >= 4 is 11.9 Å². The molecule has 1 aromatic rings. The van der Waals surface area contributed by atoms with Crippen LogP contribution in [-0.4, -0.2) is 34.1 Å². The van der Waals surface area contributed by atoms with E-state index in [0.717, 1.165) is 36.7 Å². The van der Waals surface area contributed by atoms with E-state index in [2.05, 4.69) is 14.9 Å². The Morgan fingerprint density at radius 2 is 1.95 bits per heavy atom. The quantitative estimate of drug-likeness (QED) is 0.919. The lowest BCUT2D eigenvalue weighted by Crippen LogP contribution is -2.45. The number of rotatable bonds is 3. The van der Waals surface area contributed by atoms with Gasteiger partial charge in [-0.15, -0.1) is 0 Å². The van der Waals surface area contributed by atoms with Crippen LogP contribution in [0, 0.1) is 25.2 Å². The average Bonchev–Trinajstić information content (AvgIpc) is 2.37. The first-order valence-corrected chi connectivity index (χ1v) is 7.11. The summed E-state index contributed by atoms with van der Waals surface area (Å²) in [7, 11) is 0. The van der Waals surface area contributed by atoms with Gasteiger partial charge in [0.2, 0.25) is 5.95 Å². The van der Waals surface area contributed by atoms with Gasteiger partial charge in [0.1, 0.15) is 0 Å². The van der Waals surface area contributed by atoms with E-state index in [0.29, 0.717) is 6.54 Å². The molecule has 5 nitrogen and oxygen atoms in total. The van der Waals surface area contributed by atoms with E-state index < -0.39 is 11.4 Å². The molecule has 1 N–H and O–H groups in total. The summed E-state index contributed by atoms with van der Waals surface area (Å²) in [4.78, 5) is 22.5. The molecule has 1 aromatic heterocycles. The molecule has 1 saturated heterocycles. The van der Waals surface area contributed by atoms with Gasteiger partial charge in [0.05, 0.1) is 5.41 Å². The first-order valence-electron chi connectivity index (χ1n) is 7.11. The van der Waals surface area contributed by atoms with Crippen molar-refractivity contribution in [3.8, 4) is 0 Å². The van der Waals surface area contributed by atoms with E-state index in [-0.39, 0.29) is 5.92 Å². The molecule has 5 heteroatoms. The van der Waals surface area contributed by atoms with Crippen molar-refractivity contribution < 1.29 is 9.90 Å². The molecule has 0 spiro atoms. The Morgan fingerprint density at radius 3 is 2.50 bits per heavy atom. The highest BCUT2D eigenvalue weighted by Crippen LogP contribution is 2.35.